The van der Waals surface area contributed by atoms with Gasteiger partial charge in [-0.15, -0.1) is 0 Å². The van der Waals surface area contributed by atoms with Crippen molar-refractivity contribution in [3.63, 3.8) is 0 Å². The summed E-state index contributed by atoms with van der Waals surface area (Å²) in [7, 11) is 0. The number of hydrogen-bond donors (Lipinski definition) is 1. The summed E-state index contributed by atoms with van der Waals surface area (Å²) in [5.41, 5.74) is 2.31. The van der Waals surface area contributed by atoms with E-state index in [1.54, 1.807) is 18.2 Å². The number of rotatable bonds is 7. The first-order chi connectivity index (χ1) is 14.3. The minimum atomic E-state index is -0.482. The van der Waals surface area contributed by atoms with Crippen LogP contribution < -0.4 is 5.32 Å². The van der Waals surface area contributed by atoms with Crippen LogP contribution in [0, 0.1) is 17.0 Å². The molecule has 1 heterocycles. The first-order valence-corrected chi connectivity index (χ1v) is 10.4. The Hall–Kier alpha value is -3.04. The molecule has 2 aromatic rings. The first kappa shape index (κ1) is 21.7. The molecule has 3 rings (SSSR count). The van der Waals surface area contributed by atoms with Crippen LogP contribution in [0.4, 0.5) is 11.4 Å². The molecule has 1 N–H and O–H groups in total. The van der Waals surface area contributed by atoms with Gasteiger partial charge in [0.1, 0.15) is 4.32 Å². The second kappa shape index (κ2) is 9.64. The summed E-state index contributed by atoms with van der Waals surface area (Å²) in [5, 5.41) is 13.8. The Morgan fingerprint density at radius 3 is 2.77 bits per heavy atom. The summed E-state index contributed by atoms with van der Waals surface area (Å²) in [4.78, 5) is 37.1. The standard InChI is InChI=1S/C21H19N3O4S2/c1-14-5-2-7-16(11-14)22-19(25)9-4-10-23-20(26)18(30-21(23)29)13-15-6-3-8-17(12-15)24(27)28/h2-3,5-8,11-13H,4,9-10H2,1H3,(H,22,25)/b18-13-. The molecule has 0 aliphatic carbocycles. The zero-order chi connectivity index (χ0) is 21.7. The van der Waals surface area contributed by atoms with Gasteiger partial charge in [0, 0.05) is 30.8 Å². The number of thioether (sulfide) groups is 1. The average molecular weight is 442 g/mol. The van der Waals surface area contributed by atoms with Gasteiger partial charge in [0.15, 0.2) is 0 Å². The molecular weight excluding hydrogens is 422 g/mol. The fourth-order valence-corrected chi connectivity index (χ4v) is 4.22. The van der Waals surface area contributed by atoms with Crippen molar-refractivity contribution in [2.45, 2.75) is 19.8 Å². The minimum Gasteiger partial charge on any atom is -0.326 e. The monoisotopic (exact) mass is 441 g/mol. The highest BCUT2D eigenvalue weighted by atomic mass is 32.2. The highest BCUT2D eigenvalue weighted by Gasteiger charge is 2.31. The molecule has 0 radical (unpaired) electrons. The second-order valence-electron chi connectivity index (χ2n) is 6.71. The van der Waals surface area contributed by atoms with Crippen LogP contribution in [0.2, 0.25) is 0 Å². The Kier molecular flexibility index (Phi) is 6.96. The van der Waals surface area contributed by atoms with Gasteiger partial charge in [0.2, 0.25) is 5.91 Å². The van der Waals surface area contributed by atoms with Crippen LogP contribution in [0.1, 0.15) is 24.0 Å². The van der Waals surface area contributed by atoms with E-state index >= 15 is 0 Å². The van der Waals surface area contributed by atoms with Crippen LogP contribution in [0.25, 0.3) is 6.08 Å². The van der Waals surface area contributed by atoms with E-state index < -0.39 is 4.92 Å². The Bertz CT molecular complexity index is 1050. The number of anilines is 1. The van der Waals surface area contributed by atoms with E-state index in [0.717, 1.165) is 23.0 Å². The van der Waals surface area contributed by atoms with Gasteiger partial charge in [-0.2, -0.15) is 0 Å². The fourth-order valence-electron chi connectivity index (χ4n) is 2.92. The molecule has 1 fully saturated rings. The molecule has 0 bridgehead atoms. The van der Waals surface area contributed by atoms with Crippen LogP contribution in [-0.2, 0) is 9.59 Å². The normalized spacial score (nSPS) is 15.0. The number of thiocarbonyl (C=S) groups is 1. The van der Waals surface area contributed by atoms with E-state index in [1.165, 1.54) is 17.0 Å². The van der Waals surface area contributed by atoms with Crippen molar-refractivity contribution in [3.05, 3.63) is 74.7 Å². The number of aryl methyl sites for hydroxylation is 1. The molecule has 30 heavy (non-hydrogen) atoms. The third kappa shape index (κ3) is 5.52. The van der Waals surface area contributed by atoms with E-state index in [9.17, 15) is 19.7 Å². The molecule has 2 amide bonds. The van der Waals surface area contributed by atoms with Crippen LogP contribution in [-0.4, -0.2) is 32.5 Å². The van der Waals surface area contributed by atoms with E-state index in [0.29, 0.717) is 27.8 Å². The number of nitro groups is 1. The molecule has 1 saturated heterocycles. The lowest BCUT2D eigenvalue weighted by Gasteiger charge is -2.14. The predicted molar refractivity (Wildman–Crippen MR) is 122 cm³/mol. The largest absolute Gasteiger partial charge is 0.326 e. The lowest BCUT2D eigenvalue weighted by atomic mass is 10.2. The number of carbonyl (C=O) groups excluding carboxylic acids is 2. The average Bonchev–Trinajstić information content (AvgIpc) is 2.95. The second-order valence-corrected chi connectivity index (χ2v) is 8.38. The summed E-state index contributed by atoms with van der Waals surface area (Å²) in [6.45, 7) is 2.28. The van der Waals surface area contributed by atoms with Crippen molar-refractivity contribution in [3.8, 4) is 0 Å². The molecule has 7 nitrogen and oxygen atoms in total. The minimum absolute atomic E-state index is 0.0427. The van der Waals surface area contributed by atoms with E-state index in [1.807, 2.05) is 31.2 Å². The van der Waals surface area contributed by atoms with Crippen molar-refractivity contribution in [2.24, 2.45) is 0 Å². The Balaban J connectivity index is 1.56. The molecule has 1 aliphatic rings. The third-order valence-electron chi connectivity index (χ3n) is 4.34. The number of hydrogen-bond acceptors (Lipinski definition) is 6. The van der Waals surface area contributed by atoms with Gasteiger partial charge in [-0.25, -0.2) is 0 Å². The van der Waals surface area contributed by atoms with Gasteiger partial charge in [-0.1, -0.05) is 48.2 Å². The van der Waals surface area contributed by atoms with Gasteiger partial charge < -0.3 is 5.32 Å². The van der Waals surface area contributed by atoms with Crippen LogP contribution >= 0.6 is 24.0 Å². The number of nitrogens with zero attached hydrogens (tertiary/aromatic N) is 2. The van der Waals surface area contributed by atoms with Crippen LogP contribution in [0.5, 0.6) is 0 Å². The van der Waals surface area contributed by atoms with Crippen molar-refractivity contribution >= 4 is 57.6 Å². The maximum Gasteiger partial charge on any atom is 0.270 e. The molecule has 0 spiro atoms. The van der Waals surface area contributed by atoms with Crippen molar-refractivity contribution < 1.29 is 14.5 Å². The molecule has 154 valence electrons. The number of amides is 2. The SMILES string of the molecule is Cc1cccc(NC(=O)CCCN2C(=O)/C(=C/c3cccc([N+](=O)[O-])c3)SC2=S)c1. The maximum absolute atomic E-state index is 12.7. The Morgan fingerprint density at radius 2 is 2.03 bits per heavy atom. The van der Waals surface area contributed by atoms with Crippen LogP contribution in [0.15, 0.2) is 53.4 Å². The van der Waals surface area contributed by atoms with E-state index in [2.05, 4.69) is 5.32 Å². The van der Waals surface area contributed by atoms with Gasteiger partial charge in [-0.3, -0.25) is 24.6 Å². The zero-order valence-corrected chi connectivity index (χ0v) is 17.8. The van der Waals surface area contributed by atoms with Gasteiger partial charge in [-0.05, 0) is 42.7 Å². The van der Waals surface area contributed by atoms with Gasteiger partial charge in [0.25, 0.3) is 11.6 Å². The fraction of sp³-hybridized carbons (Fsp3) is 0.190. The highest BCUT2D eigenvalue weighted by molar-refractivity contribution is 8.26. The first-order valence-electron chi connectivity index (χ1n) is 9.20. The molecule has 0 unspecified atom stereocenters. The van der Waals surface area contributed by atoms with Crippen LogP contribution in [0.3, 0.4) is 0 Å². The topological polar surface area (TPSA) is 92.6 Å². The quantitative estimate of drug-likeness (QED) is 0.294. The van der Waals surface area contributed by atoms with Crippen molar-refractivity contribution in [1.29, 1.82) is 0 Å². The summed E-state index contributed by atoms with van der Waals surface area (Å²) in [6.07, 6.45) is 2.32. The Morgan fingerprint density at radius 1 is 1.27 bits per heavy atom. The summed E-state index contributed by atoms with van der Waals surface area (Å²) < 4.78 is 0.413. The lowest BCUT2D eigenvalue weighted by molar-refractivity contribution is -0.384. The molecule has 0 saturated carbocycles. The van der Waals surface area contributed by atoms with Crippen molar-refractivity contribution in [2.75, 3.05) is 11.9 Å². The van der Waals surface area contributed by atoms with Gasteiger partial charge >= 0.3 is 0 Å². The maximum atomic E-state index is 12.7. The number of non-ortho nitro benzene ring substituents is 1. The number of carbonyl (C=O) groups is 2. The highest BCUT2D eigenvalue weighted by Crippen LogP contribution is 2.33. The summed E-state index contributed by atoms with van der Waals surface area (Å²) >= 11 is 6.45. The van der Waals surface area contributed by atoms with E-state index in [4.69, 9.17) is 12.2 Å². The number of nitro benzene ring substituents is 1. The number of benzene rings is 2. The zero-order valence-electron chi connectivity index (χ0n) is 16.2. The summed E-state index contributed by atoms with van der Waals surface area (Å²) in [6, 6.07) is 13.6. The summed E-state index contributed by atoms with van der Waals surface area (Å²) in [5.74, 6) is -0.381. The molecule has 2 aromatic carbocycles. The van der Waals surface area contributed by atoms with Gasteiger partial charge in [0.05, 0.1) is 9.83 Å². The number of nitrogens with one attached hydrogen (secondary N) is 1. The van der Waals surface area contributed by atoms with E-state index in [-0.39, 0.29) is 23.9 Å². The lowest BCUT2D eigenvalue weighted by Crippen LogP contribution is -2.29. The predicted octanol–water partition coefficient (Wildman–Crippen LogP) is 4.52. The Labute approximate surface area is 183 Å². The molecular formula is C21H19N3O4S2. The molecule has 0 aromatic heterocycles. The molecule has 9 heteroatoms. The molecule has 0 atom stereocenters. The smallest absolute Gasteiger partial charge is 0.270 e. The molecule has 1 aliphatic heterocycles. The third-order valence-corrected chi connectivity index (χ3v) is 5.72. The van der Waals surface area contributed by atoms with Crippen molar-refractivity contribution in [1.82, 2.24) is 4.90 Å².